The minimum absolute atomic E-state index is 0.369. The van der Waals surface area contributed by atoms with E-state index in [4.69, 9.17) is 4.52 Å². The maximum Gasteiger partial charge on any atom is 0.231 e. The van der Waals surface area contributed by atoms with E-state index in [1.54, 1.807) is 11.3 Å². The van der Waals surface area contributed by atoms with Crippen molar-refractivity contribution in [2.24, 2.45) is 0 Å². The molecule has 1 aliphatic rings. The molecule has 0 bridgehead atoms. The van der Waals surface area contributed by atoms with Gasteiger partial charge in [-0.05, 0) is 26.3 Å². The van der Waals surface area contributed by atoms with Gasteiger partial charge in [-0.15, -0.1) is 11.3 Å². The number of rotatable bonds is 5. The van der Waals surface area contributed by atoms with Gasteiger partial charge in [0.2, 0.25) is 5.89 Å². The van der Waals surface area contributed by atoms with Crippen LogP contribution in [0.25, 0.3) is 0 Å². The first-order valence-electron chi connectivity index (χ1n) is 7.23. The van der Waals surface area contributed by atoms with E-state index < -0.39 is 0 Å². The van der Waals surface area contributed by atoms with Crippen LogP contribution < -0.4 is 5.32 Å². The van der Waals surface area contributed by atoms with Gasteiger partial charge in [-0.25, -0.2) is 4.98 Å². The first-order valence-corrected chi connectivity index (χ1v) is 8.11. The molecule has 1 saturated carbocycles. The fourth-order valence-corrected chi connectivity index (χ4v) is 3.52. The maximum atomic E-state index is 5.48. The monoisotopic (exact) mass is 292 g/mol. The Balaban J connectivity index is 1.70. The van der Waals surface area contributed by atoms with Gasteiger partial charge in [0.25, 0.3) is 0 Å². The first-order chi connectivity index (χ1) is 9.76. The number of aryl methyl sites for hydroxylation is 1. The van der Waals surface area contributed by atoms with Gasteiger partial charge in [0.05, 0.1) is 23.0 Å². The molecule has 1 N–H and O–H groups in total. The van der Waals surface area contributed by atoms with E-state index in [2.05, 4.69) is 32.7 Å². The summed E-state index contributed by atoms with van der Waals surface area (Å²) in [5.41, 5.74) is 1.02. The van der Waals surface area contributed by atoms with Crippen LogP contribution in [0.15, 0.2) is 9.90 Å². The third-order valence-electron chi connectivity index (χ3n) is 3.79. The summed E-state index contributed by atoms with van der Waals surface area (Å²) in [6, 6.07) is 0.481. The van der Waals surface area contributed by atoms with Crippen LogP contribution in [-0.4, -0.2) is 27.7 Å². The molecule has 3 rings (SSSR count). The van der Waals surface area contributed by atoms with Gasteiger partial charge >= 0.3 is 0 Å². The summed E-state index contributed by atoms with van der Waals surface area (Å²) in [6.07, 6.45) is 4.22. The Labute approximate surface area is 122 Å². The van der Waals surface area contributed by atoms with Gasteiger partial charge in [-0.3, -0.25) is 0 Å². The van der Waals surface area contributed by atoms with Crippen LogP contribution >= 0.6 is 11.3 Å². The Morgan fingerprint density at radius 2 is 2.30 bits per heavy atom. The molecule has 2 aromatic heterocycles. The van der Waals surface area contributed by atoms with E-state index in [9.17, 15) is 0 Å². The lowest BCUT2D eigenvalue weighted by Crippen LogP contribution is -2.31. The van der Waals surface area contributed by atoms with Crippen LogP contribution in [0.5, 0.6) is 0 Å². The second-order valence-electron chi connectivity index (χ2n) is 5.29. The average Bonchev–Trinajstić information content (AvgIpc) is 3.12. The Morgan fingerprint density at radius 1 is 1.40 bits per heavy atom. The molecule has 2 atom stereocenters. The Morgan fingerprint density at radius 3 is 3.05 bits per heavy atom. The van der Waals surface area contributed by atoms with Gasteiger partial charge in [0.15, 0.2) is 5.82 Å². The van der Waals surface area contributed by atoms with E-state index in [1.165, 1.54) is 12.8 Å². The lowest BCUT2D eigenvalue weighted by molar-refractivity contribution is 0.329. The van der Waals surface area contributed by atoms with Crippen molar-refractivity contribution in [3.63, 3.8) is 0 Å². The Bertz CT molecular complexity index is 565. The SMILES string of the molecule is CCNC1CCCC1c1nc(Cc2csc(C)n2)no1. The van der Waals surface area contributed by atoms with E-state index in [-0.39, 0.29) is 0 Å². The number of hydrogen-bond acceptors (Lipinski definition) is 6. The van der Waals surface area contributed by atoms with Crippen LogP contribution in [0.3, 0.4) is 0 Å². The highest BCUT2D eigenvalue weighted by Crippen LogP contribution is 2.33. The van der Waals surface area contributed by atoms with Gasteiger partial charge < -0.3 is 9.84 Å². The molecule has 2 unspecified atom stereocenters. The summed E-state index contributed by atoms with van der Waals surface area (Å²) >= 11 is 1.66. The lowest BCUT2D eigenvalue weighted by Gasteiger charge is -2.16. The molecule has 108 valence electrons. The molecule has 0 saturated heterocycles. The van der Waals surface area contributed by atoms with Crippen molar-refractivity contribution in [2.45, 2.75) is 51.5 Å². The van der Waals surface area contributed by atoms with Crippen LogP contribution in [0.1, 0.15) is 54.5 Å². The van der Waals surface area contributed by atoms with E-state index in [1.807, 2.05) is 6.92 Å². The number of likely N-dealkylation sites (N-methyl/N-ethyl adjacent to an activating group) is 1. The number of thiazole rings is 1. The molecule has 0 spiro atoms. The largest absolute Gasteiger partial charge is 0.339 e. The van der Waals surface area contributed by atoms with Gasteiger partial charge in [0, 0.05) is 11.4 Å². The van der Waals surface area contributed by atoms with Crippen molar-refractivity contribution in [3.05, 3.63) is 27.8 Å². The minimum atomic E-state index is 0.369. The maximum absolute atomic E-state index is 5.48. The summed E-state index contributed by atoms with van der Waals surface area (Å²) in [6.45, 7) is 5.13. The van der Waals surface area contributed by atoms with Crippen molar-refractivity contribution in [1.82, 2.24) is 20.4 Å². The summed E-state index contributed by atoms with van der Waals surface area (Å²) in [7, 11) is 0. The number of aromatic nitrogens is 3. The Kier molecular flexibility index (Phi) is 4.12. The van der Waals surface area contributed by atoms with Crippen molar-refractivity contribution >= 4 is 11.3 Å². The van der Waals surface area contributed by atoms with Crippen LogP contribution in [0.2, 0.25) is 0 Å². The highest BCUT2D eigenvalue weighted by molar-refractivity contribution is 7.09. The molecule has 20 heavy (non-hydrogen) atoms. The molecule has 0 radical (unpaired) electrons. The summed E-state index contributed by atoms with van der Waals surface area (Å²) in [5.74, 6) is 1.90. The van der Waals surface area contributed by atoms with Crippen LogP contribution in [-0.2, 0) is 6.42 Å². The number of nitrogens with zero attached hydrogens (tertiary/aromatic N) is 3. The highest BCUT2D eigenvalue weighted by atomic mass is 32.1. The number of nitrogens with one attached hydrogen (secondary N) is 1. The zero-order chi connectivity index (χ0) is 13.9. The highest BCUT2D eigenvalue weighted by Gasteiger charge is 2.32. The predicted molar refractivity (Wildman–Crippen MR) is 78.0 cm³/mol. The minimum Gasteiger partial charge on any atom is -0.339 e. The van der Waals surface area contributed by atoms with Crippen molar-refractivity contribution in [1.29, 1.82) is 0 Å². The lowest BCUT2D eigenvalue weighted by atomic mass is 10.0. The van der Waals surface area contributed by atoms with Gasteiger partial charge in [-0.1, -0.05) is 18.5 Å². The zero-order valence-corrected chi connectivity index (χ0v) is 12.7. The molecule has 6 heteroatoms. The fraction of sp³-hybridized carbons (Fsp3) is 0.643. The van der Waals surface area contributed by atoms with Crippen molar-refractivity contribution in [2.75, 3.05) is 6.54 Å². The molecule has 2 aromatic rings. The van der Waals surface area contributed by atoms with E-state index in [0.29, 0.717) is 18.4 Å². The molecule has 5 nitrogen and oxygen atoms in total. The quantitative estimate of drug-likeness (QED) is 0.918. The number of hydrogen-bond donors (Lipinski definition) is 1. The second-order valence-corrected chi connectivity index (χ2v) is 6.35. The molecule has 1 aliphatic carbocycles. The Hall–Kier alpha value is -1.27. The van der Waals surface area contributed by atoms with Crippen LogP contribution in [0.4, 0.5) is 0 Å². The standard InChI is InChI=1S/C14H20N4OS/c1-3-15-12-6-4-5-11(12)14-17-13(18-19-14)7-10-8-20-9(2)16-10/h8,11-12,15H,3-7H2,1-2H3. The zero-order valence-electron chi connectivity index (χ0n) is 11.9. The summed E-state index contributed by atoms with van der Waals surface area (Å²) < 4.78 is 5.48. The van der Waals surface area contributed by atoms with Crippen LogP contribution in [0, 0.1) is 6.92 Å². The summed E-state index contributed by atoms with van der Waals surface area (Å²) in [5, 5.41) is 10.8. The molecular formula is C14H20N4OS. The molecule has 2 heterocycles. The van der Waals surface area contributed by atoms with Crippen molar-refractivity contribution < 1.29 is 4.52 Å². The second kappa shape index (κ2) is 6.01. The molecule has 0 amide bonds. The smallest absolute Gasteiger partial charge is 0.231 e. The third-order valence-corrected chi connectivity index (χ3v) is 4.61. The van der Waals surface area contributed by atoms with Gasteiger partial charge in [-0.2, -0.15) is 4.98 Å². The molecule has 1 fully saturated rings. The third kappa shape index (κ3) is 2.91. The van der Waals surface area contributed by atoms with E-state index in [0.717, 1.165) is 35.4 Å². The van der Waals surface area contributed by atoms with Crippen molar-refractivity contribution in [3.8, 4) is 0 Å². The normalized spacial score (nSPS) is 22.5. The summed E-state index contributed by atoms with van der Waals surface area (Å²) in [4.78, 5) is 9.02. The van der Waals surface area contributed by atoms with Gasteiger partial charge in [0.1, 0.15) is 0 Å². The van der Waals surface area contributed by atoms with E-state index >= 15 is 0 Å². The molecule has 0 aliphatic heterocycles. The fourth-order valence-electron chi connectivity index (χ4n) is 2.90. The first kappa shape index (κ1) is 13.7. The molecule has 0 aromatic carbocycles. The topological polar surface area (TPSA) is 63.8 Å². The average molecular weight is 292 g/mol. The molecular weight excluding hydrogens is 272 g/mol. The predicted octanol–water partition coefficient (Wildman–Crippen LogP) is 2.67.